The van der Waals surface area contributed by atoms with Crippen LogP contribution in [-0.4, -0.2) is 48.0 Å². The van der Waals surface area contributed by atoms with Crippen molar-refractivity contribution >= 4 is 22.0 Å². The Morgan fingerprint density at radius 1 is 1.03 bits per heavy atom. The smallest absolute Gasteiger partial charge is 0.309 e. The van der Waals surface area contributed by atoms with E-state index in [0.29, 0.717) is 28.9 Å². The van der Waals surface area contributed by atoms with Crippen LogP contribution in [0.1, 0.15) is 24.5 Å². The normalized spacial score (nSPS) is 18.3. The van der Waals surface area contributed by atoms with E-state index in [0.717, 1.165) is 0 Å². The highest BCUT2D eigenvalue weighted by Crippen LogP contribution is 2.41. The van der Waals surface area contributed by atoms with Gasteiger partial charge in [-0.3, -0.25) is 9.69 Å². The van der Waals surface area contributed by atoms with Gasteiger partial charge in [0, 0.05) is 25.0 Å². The SMILES string of the molecule is CCCS(=O)(=O)Oc1cccc(C2(c3cccc(-c4ncccn4)c3)N=C(N)N(C)C2=O)c1. The van der Waals surface area contributed by atoms with E-state index in [4.69, 9.17) is 9.92 Å². The lowest BCUT2D eigenvalue weighted by Gasteiger charge is -2.26. The van der Waals surface area contributed by atoms with E-state index in [1.165, 1.54) is 17.0 Å². The Hall–Kier alpha value is -3.79. The van der Waals surface area contributed by atoms with E-state index in [1.54, 1.807) is 62.8 Å². The predicted octanol–water partition coefficient (Wildman–Crippen LogP) is 2.29. The molecule has 1 aliphatic heterocycles. The third kappa shape index (κ3) is 4.17. The number of amides is 1. The van der Waals surface area contributed by atoms with Crippen LogP contribution in [-0.2, 0) is 20.5 Å². The summed E-state index contributed by atoms with van der Waals surface area (Å²) in [6.07, 6.45) is 3.68. The monoisotopic (exact) mass is 465 g/mol. The largest absolute Gasteiger partial charge is 0.382 e. The van der Waals surface area contributed by atoms with Gasteiger partial charge in [-0.15, -0.1) is 0 Å². The molecule has 1 aromatic heterocycles. The zero-order chi connectivity index (χ0) is 23.6. The summed E-state index contributed by atoms with van der Waals surface area (Å²) in [6, 6.07) is 15.2. The zero-order valence-corrected chi connectivity index (χ0v) is 19.0. The number of guanidine groups is 1. The molecule has 1 aliphatic rings. The molecule has 170 valence electrons. The summed E-state index contributed by atoms with van der Waals surface area (Å²) in [6.45, 7) is 1.75. The highest BCUT2D eigenvalue weighted by atomic mass is 32.2. The molecule has 3 aromatic rings. The summed E-state index contributed by atoms with van der Waals surface area (Å²) in [4.78, 5) is 27.9. The number of nitrogens with zero attached hydrogens (tertiary/aromatic N) is 4. The maximum atomic E-state index is 13.5. The van der Waals surface area contributed by atoms with Gasteiger partial charge in [0.25, 0.3) is 5.91 Å². The number of carbonyl (C=O) groups is 1. The Kier molecular flexibility index (Phi) is 5.86. The molecule has 0 saturated carbocycles. The minimum Gasteiger partial charge on any atom is -0.382 e. The van der Waals surface area contributed by atoms with Gasteiger partial charge in [-0.05, 0) is 41.8 Å². The quantitative estimate of drug-likeness (QED) is 0.530. The van der Waals surface area contributed by atoms with E-state index < -0.39 is 15.7 Å². The van der Waals surface area contributed by atoms with Crippen molar-refractivity contribution in [3.05, 3.63) is 78.1 Å². The molecule has 33 heavy (non-hydrogen) atoms. The Balaban J connectivity index is 1.87. The van der Waals surface area contributed by atoms with Crippen molar-refractivity contribution in [2.75, 3.05) is 12.8 Å². The zero-order valence-electron chi connectivity index (χ0n) is 18.2. The Morgan fingerprint density at radius 2 is 1.70 bits per heavy atom. The van der Waals surface area contributed by atoms with Crippen molar-refractivity contribution in [2.24, 2.45) is 10.7 Å². The molecule has 0 spiro atoms. The summed E-state index contributed by atoms with van der Waals surface area (Å²) < 4.78 is 29.6. The van der Waals surface area contributed by atoms with Gasteiger partial charge in [-0.25, -0.2) is 15.0 Å². The Bertz CT molecular complexity index is 1330. The molecule has 10 heteroatoms. The molecular weight excluding hydrogens is 442 g/mol. The lowest BCUT2D eigenvalue weighted by molar-refractivity contribution is -0.129. The summed E-state index contributed by atoms with van der Waals surface area (Å²) >= 11 is 0. The fourth-order valence-corrected chi connectivity index (χ4v) is 4.71. The summed E-state index contributed by atoms with van der Waals surface area (Å²) in [7, 11) is -2.22. The first kappa shape index (κ1) is 22.4. The molecule has 1 atom stereocenters. The molecule has 2 aromatic carbocycles. The molecule has 0 fully saturated rings. The number of aromatic nitrogens is 2. The number of likely N-dealkylation sites (N-methyl/N-ethyl adjacent to an activating group) is 1. The number of benzene rings is 2. The van der Waals surface area contributed by atoms with Crippen LogP contribution in [0.5, 0.6) is 5.75 Å². The van der Waals surface area contributed by atoms with Crippen LogP contribution in [0.2, 0.25) is 0 Å². The molecular formula is C23H23N5O4S. The minimum atomic E-state index is -3.76. The second-order valence-electron chi connectivity index (χ2n) is 7.57. The summed E-state index contributed by atoms with van der Waals surface area (Å²) in [5.74, 6) is 0.145. The third-order valence-electron chi connectivity index (χ3n) is 5.27. The first-order valence-electron chi connectivity index (χ1n) is 10.3. The molecule has 9 nitrogen and oxygen atoms in total. The van der Waals surface area contributed by atoms with E-state index >= 15 is 0 Å². The van der Waals surface area contributed by atoms with Gasteiger partial charge in [0.15, 0.2) is 17.3 Å². The number of carbonyl (C=O) groups excluding carboxylic acids is 1. The average Bonchev–Trinajstić information content (AvgIpc) is 3.04. The van der Waals surface area contributed by atoms with E-state index in [2.05, 4.69) is 15.0 Å². The fourth-order valence-electron chi connectivity index (χ4n) is 3.73. The fraction of sp³-hybridized carbons (Fsp3) is 0.217. The lowest BCUT2D eigenvalue weighted by atomic mass is 9.82. The van der Waals surface area contributed by atoms with Crippen LogP contribution in [0.3, 0.4) is 0 Å². The minimum absolute atomic E-state index is 0.0475. The number of rotatable bonds is 7. The number of nitrogens with two attached hydrogens (primary N) is 1. The highest BCUT2D eigenvalue weighted by Gasteiger charge is 2.49. The maximum absolute atomic E-state index is 13.5. The van der Waals surface area contributed by atoms with Crippen molar-refractivity contribution in [2.45, 2.75) is 18.9 Å². The standard InChI is InChI=1S/C23H23N5O4S/c1-3-13-33(30,31)32-19-10-5-9-18(15-19)23(21(29)28(2)22(24)27-23)17-8-4-7-16(14-17)20-25-11-6-12-26-20/h4-12,14-15H,3,13H2,1-2H3,(H2,24,27). The van der Waals surface area contributed by atoms with Crippen LogP contribution >= 0.6 is 0 Å². The van der Waals surface area contributed by atoms with Crippen LogP contribution in [0, 0.1) is 0 Å². The molecule has 1 unspecified atom stereocenters. The number of hydrogen-bond donors (Lipinski definition) is 1. The van der Waals surface area contributed by atoms with Gasteiger partial charge in [-0.1, -0.05) is 37.3 Å². The maximum Gasteiger partial charge on any atom is 0.309 e. The Morgan fingerprint density at radius 3 is 2.33 bits per heavy atom. The van der Waals surface area contributed by atoms with Gasteiger partial charge >= 0.3 is 10.1 Å². The molecule has 0 radical (unpaired) electrons. The average molecular weight is 466 g/mol. The predicted molar refractivity (Wildman–Crippen MR) is 124 cm³/mol. The van der Waals surface area contributed by atoms with Gasteiger partial charge in [-0.2, -0.15) is 8.42 Å². The summed E-state index contributed by atoms with van der Waals surface area (Å²) in [5.41, 5.74) is 6.20. The molecule has 1 amide bonds. The molecule has 0 bridgehead atoms. The van der Waals surface area contributed by atoms with Gasteiger partial charge in [0.2, 0.25) is 0 Å². The van der Waals surface area contributed by atoms with Gasteiger partial charge < -0.3 is 9.92 Å². The van der Waals surface area contributed by atoms with Gasteiger partial charge in [0.1, 0.15) is 5.75 Å². The van der Waals surface area contributed by atoms with Crippen molar-refractivity contribution in [3.8, 4) is 17.1 Å². The first-order valence-corrected chi connectivity index (χ1v) is 11.9. The number of hydrogen-bond acceptors (Lipinski definition) is 8. The molecule has 0 saturated heterocycles. The van der Waals surface area contributed by atoms with Crippen LogP contribution < -0.4 is 9.92 Å². The second-order valence-corrected chi connectivity index (χ2v) is 9.26. The summed E-state index contributed by atoms with van der Waals surface area (Å²) in [5, 5.41) is 0. The van der Waals surface area contributed by atoms with E-state index in [-0.39, 0.29) is 23.4 Å². The molecule has 2 heterocycles. The van der Waals surface area contributed by atoms with Crippen LogP contribution in [0.25, 0.3) is 11.4 Å². The molecule has 0 aliphatic carbocycles. The second kappa shape index (κ2) is 8.62. The van der Waals surface area contributed by atoms with Crippen LogP contribution in [0.4, 0.5) is 0 Å². The topological polar surface area (TPSA) is 128 Å². The Labute approximate surface area is 192 Å². The number of aliphatic imine (C=N–C) groups is 1. The first-order chi connectivity index (χ1) is 15.8. The molecule has 2 N–H and O–H groups in total. The third-order valence-corrected chi connectivity index (χ3v) is 6.63. The highest BCUT2D eigenvalue weighted by molar-refractivity contribution is 7.87. The van der Waals surface area contributed by atoms with E-state index in [1.807, 2.05) is 6.07 Å². The van der Waals surface area contributed by atoms with Crippen molar-refractivity contribution < 1.29 is 17.4 Å². The lowest BCUT2D eigenvalue weighted by Crippen LogP contribution is -2.41. The van der Waals surface area contributed by atoms with Crippen molar-refractivity contribution in [1.29, 1.82) is 0 Å². The van der Waals surface area contributed by atoms with E-state index in [9.17, 15) is 13.2 Å². The van der Waals surface area contributed by atoms with Crippen molar-refractivity contribution in [1.82, 2.24) is 14.9 Å². The molecule has 4 rings (SSSR count). The van der Waals surface area contributed by atoms with Crippen LogP contribution in [0.15, 0.2) is 72.0 Å². The van der Waals surface area contributed by atoms with Gasteiger partial charge in [0.05, 0.1) is 5.75 Å². The van der Waals surface area contributed by atoms with Crippen molar-refractivity contribution in [3.63, 3.8) is 0 Å².